The summed E-state index contributed by atoms with van der Waals surface area (Å²) in [5, 5.41) is 8.44. The van der Waals surface area contributed by atoms with Gasteiger partial charge in [-0.25, -0.2) is 4.57 Å². The van der Waals surface area contributed by atoms with E-state index in [1.165, 1.54) is 0 Å². The van der Waals surface area contributed by atoms with Crippen molar-refractivity contribution in [2.45, 2.75) is 51.3 Å². The van der Waals surface area contributed by atoms with Crippen LogP contribution >= 0.6 is 7.82 Å². The van der Waals surface area contributed by atoms with Crippen LogP contribution in [0.4, 0.5) is 0 Å². The van der Waals surface area contributed by atoms with Crippen LogP contribution in [-0.4, -0.2) is 39.3 Å². The topological polar surface area (TPSA) is 77.8 Å². The zero-order chi connectivity index (χ0) is 14.3. The van der Waals surface area contributed by atoms with Crippen molar-refractivity contribution < 1.29 is 22.9 Å². The van der Waals surface area contributed by atoms with Crippen LogP contribution in [0, 0.1) is 11.3 Å². The molecule has 6 nitrogen and oxygen atoms in total. The third-order valence-electron chi connectivity index (χ3n) is 2.36. The molecule has 8 heteroatoms. The second kappa shape index (κ2) is 8.03. The van der Waals surface area contributed by atoms with Gasteiger partial charge in [-0.2, -0.15) is 5.26 Å². The molecule has 0 aromatic carbocycles. The van der Waals surface area contributed by atoms with E-state index in [9.17, 15) is 4.57 Å². The van der Waals surface area contributed by atoms with E-state index in [2.05, 4.69) is 0 Å². The van der Waals surface area contributed by atoms with E-state index in [-0.39, 0.29) is 37.8 Å². The molecule has 1 aliphatic heterocycles. The molecule has 1 unspecified atom stereocenters. The monoisotopic (exact) mass is 287 g/mol. The third kappa shape index (κ3) is 6.55. The molecule has 3 atom stereocenters. The lowest BCUT2D eigenvalue weighted by molar-refractivity contribution is 0.0236. The smallest absolute Gasteiger partial charge is 0.382 e. The molecule has 0 amide bonds. The lowest BCUT2D eigenvalue weighted by atomic mass is 9.97. The number of phosphoric acid groups is 1. The summed E-state index contributed by atoms with van der Waals surface area (Å²) in [6.45, 7) is 3.56. The fourth-order valence-corrected chi connectivity index (χ4v) is 2.97. The first kappa shape index (κ1) is 16.7. The third-order valence-corrected chi connectivity index (χ3v) is 4.01. The van der Waals surface area contributed by atoms with Crippen molar-refractivity contribution in [3.63, 3.8) is 0 Å². The predicted octanol–water partition coefficient (Wildman–Crippen LogP) is 2.14. The van der Waals surface area contributed by atoms with Gasteiger partial charge in [-0.15, -0.1) is 0 Å². The van der Waals surface area contributed by atoms with E-state index in [1.807, 2.05) is 6.07 Å². The maximum atomic E-state index is 12.3. The molecule has 2 radical (unpaired) electrons. The zero-order valence-corrected chi connectivity index (χ0v) is 12.2. The Morgan fingerprint density at radius 2 is 2.21 bits per heavy atom. The molecule has 1 heterocycles. The first-order valence-corrected chi connectivity index (χ1v) is 7.77. The summed E-state index contributed by atoms with van der Waals surface area (Å²) in [4.78, 5) is 0. The maximum absolute atomic E-state index is 12.3. The van der Waals surface area contributed by atoms with Crippen LogP contribution < -0.4 is 0 Å². The minimum atomic E-state index is -3.65. The standard InChI is InChI=1S/C11H19BNO5P/c1-9(2)18-19(14,15-7-3-6-13)16-8-10-4-5-11(12)17-10/h9-11H,3-5,7-8H2,1-2H3/t10-,11+,19?/m0/s1. The van der Waals surface area contributed by atoms with Crippen LogP contribution in [0.2, 0.25) is 0 Å². The van der Waals surface area contributed by atoms with Gasteiger partial charge in [0, 0.05) is 6.00 Å². The number of rotatable bonds is 8. The highest BCUT2D eigenvalue weighted by Crippen LogP contribution is 2.51. The first-order chi connectivity index (χ1) is 8.95. The Morgan fingerprint density at radius 3 is 2.74 bits per heavy atom. The molecule has 1 saturated heterocycles. The van der Waals surface area contributed by atoms with E-state index in [1.54, 1.807) is 13.8 Å². The first-order valence-electron chi connectivity index (χ1n) is 6.30. The van der Waals surface area contributed by atoms with Gasteiger partial charge in [0.25, 0.3) is 0 Å². The van der Waals surface area contributed by atoms with Gasteiger partial charge < -0.3 is 4.74 Å². The van der Waals surface area contributed by atoms with Crippen LogP contribution in [0.15, 0.2) is 0 Å². The molecule has 0 aliphatic carbocycles. The number of nitriles is 1. The van der Waals surface area contributed by atoms with Crippen molar-refractivity contribution >= 4 is 15.7 Å². The number of hydrogen-bond acceptors (Lipinski definition) is 6. The minimum absolute atomic E-state index is 0.00549. The van der Waals surface area contributed by atoms with E-state index >= 15 is 0 Å². The Labute approximate surface area is 115 Å². The quantitative estimate of drug-likeness (QED) is 0.386. The zero-order valence-electron chi connectivity index (χ0n) is 11.3. The van der Waals surface area contributed by atoms with E-state index in [4.69, 9.17) is 31.4 Å². The molecule has 0 aromatic rings. The minimum Gasteiger partial charge on any atom is -0.382 e. The SMILES string of the molecule is [B][C@H]1CC[C@@H](COP(=O)(OCCC#N)OC(C)C)O1. The maximum Gasteiger partial charge on any atom is 0.475 e. The van der Waals surface area contributed by atoms with Gasteiger partial charge in [0.2, 0.25) is 0 Å². The molecule has 0 saturated carbocycles. The van der Waals surface area contributed by atoms with Crippen molar-refractivity contribution in [3.05, 3.63) is 0 Å². The van der Waals surface area contributed by atoms with Gasteiger partial charge in [-0.05, 0) is 26.7 Å². The molecular formula is C11H19BNO5P. The van der Waals surface area contributed by atoms with Crippen molar-refractivity contribution in [2.75, 3.05) is 13.2 Å². The Kier molecular flexibility index (Phi) is 7.05. The van der Waals surface area contributed by atoms with Crippen LogP contribution in [0.3, 0.4) is 0 Å². The Hall–Kier alpha value is -0.375. The summed E-state index contributed by atoms with van der Waals surface area (Å²) in [5.74, 6) is 0. The summed E-state index contributed by atoms with van der Waals surface area (Å²) < 4.78 is 33.1. The summed E-state index contributed by atoms with van der Waals surface area (Å²) in [7, 11) is 1.95. The Balaban J connectivity index is 2.44. The molecule has 1 aliphatic rings. The summed E-state index contributed by atoms with van der Waals surface area (Å²) in [6.07, 6.45) is 1.12. The van der Waals surface area contributed by atoms with Gasteiger partial charge in [0.1, 0.15) is 7.85 Å². The molecule has 1 fully saturated rings. The summed E-state index contributed by atoms with van der Waals surface area (Å²) in [6, 6.07) is 1.61. The highest BCUT2D eigenvalue weighted by molar-refractivity contribution is 7.48. The second-order valence-electron chi connectivity index (χ2n) is 4.51. The predicted molar refractivity (Wildman–Crippen MR) is 69.6 cm³/mol. The highest BCUT2D eigenvalue weighted by Gasteiger charge is 2.31. The van der Waals surface area contributed by atoms with Crippen molar-refractivity contribution in [1.82, 2.24) is 0 Å². The largest absolute Gasteiger partial charge is 0.475 e. The molecule has 0 spiro atoms. The van der Waals surface area contributed by atoms with Crippen molar-refractivity contribution in [2.24, 2.45) is 0 Å². The molecular weight excluding hydrogens is 268 g/mol. The normalized spacial score (nSPS) is 26.2. The lowest BCUT2D eigenvalue weighted by Crippen LogP contribution is -2.18. The van der Waals surface area contributed by atoms with Gasteiger partial charge in [0.15, 0.2) is 0 Å². The van der Waals surface area contributed by atoms with Gasteiger partial charge in [-0.3, -0.25) is 13.6 Å². The molecule has 19 heavy (non-hydrogen) atoms. The van der Waals surface area contributed by atoms with Gasteiger partial charge >= 0.3 is 7.82 Å². The van der Waals surface area contributed by atoms with E-state index < -0.39 is 7.82 Å². The number of phosphoric ester groups is 1. The Morgan fingerprint density at radius 1 is 1.47 bits per heavy atom. The summed E-state index contributed by atoms with van der Waals surface area (Å²) in [5.41, 5.74) is 0. The van der Waals surface area contributed by atoms with Gasteiger partial charge in [-0.1, -0.05) is 0 Å². The molecule has 1 rings (SSSR count). The fraction of sp³-hybridized carbons (Fsp3) is 0.909. The highest BCUT2D eigenvalue weighted by atomic mass is 31.2. The summed E-state index contributed by atoms with van der Waals surface area (Å²) >= 11 is 0. The van der Waals surface area contributed by atoms with Crippen molar-refractivity contribution in [3.8, 4) is 6.07 Å². The fourth-order valence-electron chi connectivity index (χ4n) is 1.59. The Bertz CT molecular complexity index is 359. The molecule has 106 valence electrons. The molecule has 0 bridgehead atoms. The van der Waals surface area contributed by atoms with Crippen LogP contribution in [0.5, 0.6) is 0 Å². The van der Waals surface area contributed by atoms with Gasteiger partial charge in [0.05, 0.1) is 37.9 Å². The molecule has 0 N–H and O–H groups in total. The lowest BCUT2D eigenvalue weighted by Gasteiger charge is -2.21. The van der Waals surface area contributed by atoms with E-state index in [0.29, 0.717) is 0 Å². The average molecular weight is 287 g/mol. The van der Waals surface area contributed by atoms with Crippen LogP contribution in [-0.2, 0) is 22.9 Å². The second-order valence-corrected chi connectivity index (χ2v) is 6.13. The molecule has 0 aromatic heterocycles. The van der Waals surface area contributed by atoms with Crippen LogP contribution in [0.1, 0.15) is 33.1 Å². The van der Waals surface area contributed by atoms with Crippen LogP contribution in [0.25, 0.3) is 0 Å². The number of hydrogen-bond donors (Lipinski definition) is 0. The number of ether oxygens (including phenoxy) is 1. The van der Waals surface area contributed by atoms with Crippen molar-refractivity contribution in [1.29, 1.82) is 5.26 Å². The average Bonchev–Trinajstić information content (AvgIpc) is 2.72. The number of nitrogens with zero attached hydrogens (tertiary/aromatic N) is 1. The van der Waals surface area contributed by atoms with E-state index in [0.717, 1.165) is 12.8 Å².